The fraction of sp³-hybridized carbons (Fsp3) is 0.625. The Morgan fingerprint density at radius 1 is 1.50 bits per heavy atom. The van der Waals surface area contributed by atoms with E-state index in [4.69, 9.17) is 0 Å². The molecule has 0 amide bonds. The van der Waals surface area contributed by atoms with E-state index in [2.05, 4.69) is 22.2 Å². The van der Waals surface area contributed by atoms with Crippen LogP contribution in [-0.4, -0.2) is 23.8 Å². The van der Waals surface area contributed by atoms with Gasteiger partial charge in [0, 0.05) is 25.7 Å². The molecular formula is C8H12N2. The molecule has 0 aromatic rings. The molecule has 0 aliphatic carbocycles. The van der Waals surface area contributed by atoms with Crippen molar-refractivity contribution < 1.29 is 0 Å². The van der Waals surface area contributed by atoms with Gasteiger partial charge in [-0.1, -0.05) is 6.08 Å². The summed E-state index contributed by atoms with van der Waals surface area (Å²) < 4.78 is 0. The third kappa shape index (κ3) is 0.939. The number of hydrogen-bond donors (Lipinski definition) is 0. The molecule has 0 aromatic heterocycles. The van der Waals surface area contributed by atoms with Gasteiger partial charge in [0.15, 0.2) is 0 Å². The van der Waals surface area contributed by atoms with Gasteiger partial charge in [-0.15, -0.1) is 0 Å². The van der Waals surface area contributed by atoms with E-state index in [9.17, 15) is 0 Å². The van der Waals surface area contributed by atoms with Gasteiger partial charge in [0.2, 0.25) is 0 Å². The van der Waals surface area contributed by atoms with Crippen LogP contribution >= 0.6 is 0 Å². The summed E-state index contributed by atoms with van der Waals surface area (Å²) in [6, 6.07) is 0. The largest absolute Gasteiger partial charge is 0.337 e. The zero-order chi connectivity index (χ0) is 6.81. The first-order valence-electron chi connectivity index (χ1n) is 3.93. The lowest BCUT2D eigenvalue weighted by Gasteiger charge is -2.13. The Labute approximate surface area is 61.2 Å². The minimum atomic E-state index is 1.04. The normalized spacial score (nSPS) is 24.0. The quantitative estimate of drug-likeness (QED) is 0.491. The molecule has 0 N–H and O–H groups in total. The molecule has 0 atom stereocenters. The summed E-state index contributed by atoms with van der Waals surface area (Å²) in [4.78, 5) is 6.68. The molecule has 2 rings (SSSR count). The molecule has 0 saturated heterocycles. The number of nitrogens with zero attached hydrogens (tertiary/aromatic N) is 2. The molecule has 0 spiro atoms. The summed E-state index contributed by atoms with van der Waals surface area (Å²) in [6.07, 6.45) is 7.99. The van der Waals surface area contributed by atoms with Crippen LogP contribution in [0.5, 0.6) is 0 Å². The summed E-state index contributed by atoms with van der Waals surface area (Å²) in [5.41, 5.74) is 0. The third-order valence-electron chi connectivity index (χ3n) is 2.01. The Bertz CT molecular complexity index is 182. The predicted octanol–water partition coefficient (Wildman–Crippen LogP) is 1.40. The van der Waals surface area contributed by atoms with Crippen molar-refractivity contribution in [1.82, 2.24) is 4.90 Å². The summed E-state index contributed by atoms with van der Waals surface area (Å²) in [7, 11) is 0. The van der Waals surface area contributed by atoms with Gasteiger partial charge in [0.1, 0.15) is 5.84 Å². The number of aliphatic imine (C=N–C) groups is 1. The predicted molar refractivity (Wildman–Crippen MR) is 42.0 cm³/mol. The van der Waals surface area contributed by atoms with Crippen LogP contribution in [-0.2, 0) is 0 Å². The lowest BCUT2D eigenvalue weighted by Crippen LogP contribution is -2.21. The van der Waals surface area contributed by atoms with Crippen LogP contribution in [0.4, 0.5) is 0 Å². The Kier molecular flexibility index (Phi) is 1.46. The van der Waals surface area contributed by atoms with Crippen LogP contribution in [0.15, 0.2) is 17.3 Å². The first-order valence-corrected chi connectivity index (χ1v) is 3.93. The molecule has 0 aromatic carbocycles. The molecule has 2 heterocycles. The van der Waals surface area contributed by atoms with Crippen molar-refractivity contribution in [3.05, 3.63) is 12.3 Å². The van der Waals surface area contributed by atoms with Crippen molar-refractivity contribution in [1.29, 1.82) is 0 Å². The van der Waals surface area contributed by atoms with E-state index in [0.717, 1.165) is 13.1 Å². The van der Waals surface area contributed by atoms with E-state index >= 15 is 0 Å². The van der Waals surface area contributed by atoms with E-state index < -0.39 is 0 Å². The second-order valence-corrected chi connectivity index (χ2v) is 2.77. The van der Waals surface area contributed by atoms with E-state index in [1.165, 1.54) is 25.1 Å². The summed E-state index contributed by atoms with van der Waals surface area (Å²) >= 11 is 0. The zero-order valence-electron chi connectivity index (χ0n) is 6.08. The Balaban J connectivity index is 2.04. The Morgan fingerprint density at radius 2 is 2.50 bits per heavy atom. The van der Waals surface area contributed by atoms with Crippen LogP contribution in [0, 0.1) is 0 Å². The maximum absolute atomic E-state index is 4.41. The Morgan fingerprint density at radius 3 is 3.10 bits per heavy atom. The van der Waals surface area contributed by atoms with Crippen LogP contribution in [0.2, 0.25) is 0 Å². The van der Waals surface area contributed by atoms with Crippen molar-refractivity contribution in [2.24, 2.45) is 4.99 Å². The second kappa shape index (κ2) is 2.45. The topological polar surface area (TPSA) is 15.6 Å². The first-order chi connectivity index (χ1) is 4.97. The molecule has 2 aliphatic rings. The van der Waals surface area contributed by atoms with Crippen LogP contribution in [0.25, 0.3) is 0 Å². The van der Waals surface area contributed by atoms with Crippen LogP contribution in [0.1, 0.15) is 19.3 Å². The summed E-state index contributed by atoms with van der Waals surface area (Å²) in [5.74, 6) is 1.30. The molecule has 2 heteroatoms. The van der Waals surface area contributed by atoms with Gasteiger partial charge >= 0.3 is 0 Å². The van der Waals surface area contributed by atoms with Gasteiger partial charge in [-0.05, 0) is 12.8 Å². The van der Waals surface area contributed by atoms with Gasteiger partial charge in [-0.25, -0.2) is 0 Å². The Hall–Kier alpha value is -0.790. The van der Waals surface area contributed by atoms with E-state index in [1.54, 1.807) is 0 Å². The van der Waals surface area contributed by atoms with Gasteiger partial charge in [-0.3, -0.25) is 4.99 Å². The van der Waals surface area contributed by atoms with Gasteiger partial charge in [-0.2, -0.15) is 0 Å². The lowest BCUT2D eigenvalue weighted by atomic mass is 10.3. The highest BCUT2D eigenvalue weighted by atomic mass is 15.2. The highest BCUT2D eigenvalue weighted by Gasteiger charge is 2.13. The molecular weight excluding hydrogens is 124 g/mol. The number of amidine groups is 1. The minimum Gasteiger partial charge on any atom is -0.337 e. The monoisotopic (exact) mass is 136 g/mol. The van der Waals surface area contributed by atoms with Gasteiger partial charge in [0.25, 0.3) is 0 Å². The fourth-order valence-electron chi connectivity index (χ4n) is 1.46. The SMILES string of the molecule is C1=CN(C2=NCCC2)CC1. The van der Waals surface area contributed by atoms with Gasteiger partial charge < -0.3 is 4.90 Å². The zero-order valence-corrected chi connectivity index (χ0v) is 6.08. The van der Waals surface area contributed by atoms with Gasteiger partial charge in [0.05, 0.1) is 0 Å². The summed E-state index contributed by atoms with van der Waals surface area (Å²) in [6.45, 7) is 2.19. The second-order valence-electron chi connectivity index (χ2n) is 2.77. The van der Waals surface area contributed by atoms with E-state index in [0.29, 0.717) is 0 Å². The van der Waals surface area contributed by atoms with Crippen molar-refractivity contribution in [2.45, 2.75) is 19.3 Å². The average molecular weight is 136 g/mol. The molecule has 0 saturated carbocycles. The molecule has 0 fully saturated rings. The van der Waals surface area contributed by atoms with Crippen molar-refractivity contribution in [2.75, 3.05) is 13.1 Å². The van der Waals surface area contributed by atoms with Crippen molar-refractivity contribution in [3.8, 4) is 0 Å². The average Bonchev–Trinajstić information content (AvgIpc) is 2.59. The molecule has 0 radical (unpaired) electrons. The molecule has 2 nitrogen and oxygen atoms in total. The van der Waals surface area contributed by atoms with E-state index in [1.807, 2.05) is 0 Å². The molecule has 2 aliphatic heterocycles. The first kappa shape index (κ1) is 5.96. The molecule has 0 bridgehead atoms. The molecule has 10 heavy (non-hydrogen) atoms. The van der Waals surface area contributed by atoms with E-state index in [-0.39, 0.29) is 0 Å². The molecule has 0 unspecified atom stereocenters. The number of hydrogen-bond acceptors (Lipinski definition) is 2. The fourth-order valence-corrected chi connectivity index (χ4v) is 1.46. The number of rotatable bonds is 0. The lowest BCUT2D eigenvalue weighted by molar-refractivity contribution is 0.592. The highest BCUT2D eigenvalue weighted by molar-refractivity contribution is 5.84. The van der Waals surface area contributed by atoms with Crippen LogP contribution in [0.3, 0.4) is 0 Å². The van der Waals surface area contributed by atoms with Crippen molar-refractivity contribution in [3.63, 3.8) is 0 Å². The maximum atomic E-state index is 4.41. The third-order valence-corrected chi connectivity index (χ3v) is 2.01. The molecule has 54 valence electrons. The van der Waals surface area contributed by atoms with Crippen LogP contribution < -0.4 is 0 Å². The van der Waals surface area contributed by atoms with Crippen molar-refractivity contribution >= 4 is 5.84 Å². The maximum Gasteiger partial charge on any atom is 0.103 e. The highest BCUT2D eigenvalue weighted by Crippen LogP contribution is 2.12. The smallest absolute Gasteiger partial charge is 0.103 e. The minimum absolute atomic E-state index is 1.04. The standard InChI is InChI=1S/C8H12N2/c1-2-7-10(6-1)8-4-3-5-9-8/h1,6H,2-5,7H2. The summed E-state index contributed by atoms with van der Waals surface area (Å²) in [5, 5.41) is 0.